The number of hydrogen-bond donors (Lipinski definition) is 1. The topological polar surface area (TPSA) is 132 Å². The van der Waals surface area contributed by atoms with Crippen LogP contribution in [0.3, 0.4) is 0 Å². The molecule has 0 atom stereocenters. The molecule has 13 heteroatoms. The minimum absolute atomic E-state index is 0.0124. The summed E-state index contributed by atoms with van der Waals surface area (Å²) >= 11 is 0.994. The normalized spacial score (nSPS) is 14.3. The van der Waals surface area contributed by atoms with E-state index >= 15 is 0 Å². The number of halogens is 1. The zero-order chi connectivity index (χ0) is 20.1. The first-order chi connectivity index (χ1) is 14.0. The van der Waals surface area contributed by atoms with Crippen LogP contribution in [0.15, 0.2) is 35.8 Å². The summed E-state index contributed by atoms with van der Waals surface area (Å²) in [6, 6.07) is 1.00. The van der Waals surface area contributed by atoms with Gasteiger partial charge in [-0.15, -0.1) is 0 Å². The van der Waals surface area contributed by atoms with E-state index in [2.05, 4.69) is 24.5 Å². The maximum Gasteiger partial charge on any atom is 0.341 e. The van der Waals surface area contributed by atoms with E-state index in [0.29, 0.717) is 18.2 Å². The van der Waals surface area contributed by atoms with E-state index in [1.54, 1.807) is 22.1 Å². The van der Waals surface area contributed by atoms with E-state index in [4.69, 9.17) is 0 Å². The molecule has 11 nitrogen and oxygen atoms in total. The van der Waals surface area contributed by atoms with Gasteiger partial charge in [0.2, 0.25) is 10.6 Å². The van der Waals surface area contributed by atoms with Gasteiger partial charge < -0.3 is 10.0 Å². The molecule has 1 aliphatic rings. The Morgan fingerprint density at radius 2 is 2.03 bits per heavy atom. The third kappa shape index (κ3) is 2.74. The summed E-state index contributed by atoms with van der Waals surface area (Å²) in [5.41, 5.74) is -1.21. The molecule has 0 spiro atoms. The van der Waals surface area contributed by atoms with Crippen LogP contribution in [0.2, 0.25) is 0 Å². The molecule has 0 aliphatic carbocycles. The van der Waals surface area contributed by atoms with Crippen molar-refractivity contribution in [3.05, 3.63) is 52.6 Å². The van der Waals surface area contributed by atoms with Crippen molar-refractivity contribution in [2.75, 3.05) is 18.0 Å². The average Bonchev–Trinajstić information content (AvgIpc) is 3.35. The third-order valence-corrected chi connectivity index (χ3v) is 5.29. The summed E-state index contributed by atoms with van der Waals surface area (Å²) in [4.78, 5) is 35.7. The van der Waals surface area contributed by atoms with Gasteiger partial charge in [0.1, 0.15) is 17.9 Å². The quantitative estimate of drug-likeness (QED) is 0.513. The largest absolute Gasteiger partial charge is 0.477 e. The van der Waals surface area contributed by atoms with Crippen molar-refractivity contribution in [3.63, 3.8) is 0 Å². The molecule has 1 fully saturated rings. The molecule has 4 aromatic rings. The molecule has 1 saturated heterocycles. The highest BCUT2D eigenvalue weighted by molar-refractivity contribution is 7.08. The molecule has 29 heavy (non-hydrogen) atoms. The number of pyridine rings is 2. The fourth-order valence-electron chi connectivity index (χ4n) is 3.20. The highest BCUT2D eigenvalue weighted by Crippen LogP contribution is 2.30. The summed E-state index contributed by atoms with van der Waals surface area (Å²) in [5.74, 6) is -2.08. The zero-order valence-electron chi connectivity index (χ0n) is 14.5. The van der Waals surface area contributed by atoms with Crippen LogP contribution in [0.5, 0.6) is 0 Å². The predicted octanol–water partition coefficient (Wildman–Crippen LogP) is 0.727. The number of aromatic carboxylic acids is 1. The van der Waals surface area contributed by atoms with E-state index in [9.17, 15) is 19.1 Å². The van der Waals surface area contributed by atoms with Crippen LogP contribution in [0, 0.1) is 5.82 Å². The zero-order valence-corrected chi connectivity index (χ0v) is 15.3. The molecule has 0 amide bonds. The monoisotopic (exact) mass is 414 g/mol. The van der Waals surface area contributed by atoms with Gasteiger partial charge in [-0.05, 0) is 6.07 Å². The van der Waals surface area contributed by atoms with Gasteiger partial charge in [0.25, 0.3) is 0 Å². The van der Waals surface area contributed by atoms with Gasteiger partial charge in [0.15, 0.2) is 17.3 Å². The van der Waals surface area contributed by atoms with Crippen LogP contribution in [0.25, 0.3) is 16.2 Å². The molecule has 0 bridgehead atoms. The van der Waals surface area contributed by atoms with E-state index in [-0.39, 0.29) is 22.9 Å². The molecule has 146 valence electrons. The van der Waals surface area contributed by atoms with Crippen LogP contribution in [0.1, 0.15) is 16.4 Å². The molecule has 0 radical (unpaired) electrons. The fourth-order valence-corrected chi connectivity index (χ4v) is 3.71. The fraction of sp³-hybridized carbons (Fsp3) is 0.188. The number of carboxylic acid groups (broad SMARTS) is 1. The van der Waals surface area contributed by atoms with Crippen LogP contribution < -0.4 is 10.3 Å². The minimum Gasteiger partial charge on any atom is -0.477 e. The second kappa shape index (κ2) is 6.41. The minimum atomic E-state index is -1.42. The van der Waals surface area contributed by atoms with Gasteiger partial charge >= 0.3 is 5.97 Å². The van der Waals surface area contributed by atoms with Gasteiger partial charge in [-0.3, -0.25) is 9.36 Å². The first kappa shape index (κ1) is 17.4. The van der Waals surface area contributed by atoms with Crippen LogP contribution in [-0.4, -0.2) is 58.1 Å². The Kier molecular flexibility index (Phi) is 3.84. The maximum atomic E-state index is 14.8. The molecule has 1 aliphatic heterocycles. The van der Waals surface area contributed by atoms with Crippen molar-refractivity contribution in [3.8, 4) is 5.13 Å². The first-order valence-corrected chi connectivity index (χ1v) is 9.17. The second-order valence-electron chi connectivity index (χ2n) is 6.34. The van der Waals surface area contributed by atoms with Crippen molar-refractivity contribution in [2.24, 2.45) is 0 Å². The van der Waals surface area contributed by atoms with E-state index < -0.39 is 22.8 Å². The summed E-state index contributed by atoms with van der Waals surface area (Å²) in [7, 11) is 0. The number of anilines is 1. The molecule has 1 N–H and O–H groups in total. The van der Waals surface area contributed by atoms with Crippen molar-refractivity contribution in [2.45, 2.75) is 6.04 Å². The van der Waals surface area contributed by atoms with Crippen LogP contribution in [0.4, 0.5) is 10.2 Å². The summed E-state index contributed by atoms with van der Waals surface area (Å²) in [6.07, 6.45) is 5.57. The van der Waals surface area contributed by atoms with Gasteiger partial charge in [0.05, 0.1) is 17.8 Å². The average molecular weight is 414 g/mol. The maximum absolute atomic E-state index is 14.8. The molecule has 0 saturated carbocycles. The summed E-state index contributed by atoms with van der Waals surface area (Å²) in [6.45, 7) is 0.890. The number of hydrogen-bond acceptors (Lipinski definition) is 9. The number of fused-ring (bicyclic) bond motifs is 1. The third-order valence-electron chi connectivity index (χ3n) is 4.62. The van der Waals surface area contributed by atoms with Crippen LogP contribution in [-0.2, 0) is 0 Å². The Balaban J connectivity index is 1.64. The number of carboxylic acids is 1. The lowest BCUT2D eigenvalue weighted by atomic mass is 10.1. The van der Waals surface area contributed by atoms with Crippen LogP contribution >= 0.6 is 11.5 Å². The highest BCUT2D eigenvalue weighted by atomic mass is 32.1. The van der Waals surface area contributed by atoms with Gasteiger partial charge in [-0.2, -0.15) is 19.4 Å². The smallest absolute Gasteiger partial charge is 0.341 e. The number of carbonyl (C=O) groups is 1. The Morgan fingerprint density at radius 3 is 2.69 bits per heavy atom. The summed E-state index contributed by atoms with van der Waals surface area (Å²) in [5, 5.41) is 17.7. The lowest BCUT2D eigenvalue weighted by molar-refractivity contribution is 0.0695. The van der Waals surface area contributed by atoms with Gasteiger partial charge in [-0.1, -0.05) is 0 Å². The second-order valence-corrected chi connectivity index (χ2v) is 7.10. The first-order valence-electron chi connectivity index (χ1n) is 8.40. The summed E-state index contributed by atoms with van der Waals surface area (Å²) < 4.78 is 20.0. The van der Waals surface area contributed by atoms with Crippen molar-refractivity contribution < 1.29 is 14.3 Å². The molecule has 4 aromatic heterocycles. The molecule has 0 aromatic carbocycles. The van der Waals surface area contributed by atoms with Crippen molar-refractivity contribution in [1.82, 2.24) is 33.9 Å². The molecule has 5 rings (SSSR count). The highest BCUT2D eigenvalue weighted by Gasteiger charge is 2.33. The lowest BCUT2D eigenvalue weighted by Gasteiger charge is -2.39. The van der Waals surface area contributed by atoms with Gasteiger partial charge in [-0.25, -0.2) is 19.2 Å². The Hall–Kier alpha value is -3.74. The number of aromatic nitrogens is 7. The molecule has 5 heterocycles. The lowest BCUT2D eigenvalue weighted by Crippen LogP contribution is -2.49. The SMILES string of the molecule is O=C(O)c1cn(-c2ncns2)c2nc(N3CC(n4nccn4)C3)c(F)cc2c1=O. The predicted molar refractivity (Wildman–Crippen MR) is 99.0 cm³/mol. The number of nitrogens with zero attached hydrogens (tertiary/aromatic N) is 8. The molecule has 0 unspecified atom stereocenters. The molecular formula is C16H11FN8O3S. The Morgan fingerprint density at radius 1 is 1.28 bits per heavy atom. The van der Waals surface area contributed by atoms with E-state index in [0.717, 1.165) is 23.8 Å². The van der Waals surface area contributed by atoms with Gasteiger partial charge in [0, 0.05) is 30.8 Å². The Labute approximate surface area is 164 Å². The van der Waals surface area contributed by atoms with E-state index in [1.807, 2.05) is 0 Å². The standard InChI is InChI=1S/C16H11FN8O3S/c17-11-3-9-12(26)10(15(27)28)6-24(16-18-7-21-29-16)13(9)22-14(11)23-4-8(5-23)25-19-1-2-20-25/h1-3,6-8H,4-5H2,(H,27,28). The van der Waals surface area contributed by atoms with Crippen molar-refractivity contribution >= 4 is 34.4 Å². The number of rotatable bonds is 4. The van der Waals surface area contributed by atoms with E-state index in [1.165, 1.54) is 10.9 Å². The Bertz CT molecular complexity index is 1280. The molecular weight excluding hydrogens is 403 g/mol. The van der Waals surface area contributed by atoms with Crippen molar-refractivity contribution in [1.29, 1.82) is 0 Å².